The fraction of sp³-hybridized carbons (Fsp3) is 0.357. The lowest BCUT2D eigenvalue weighted by molar-refractivity contribution is -0.132. The maximum absolute atomic E-state index is 12.4. The molecule has 2 N–H and O–H groups in total. The highest BCUT2D eigenvalue weighted by molar-refractivity contribution is 5.76. The Bertz CT molecular complexity index is 785. The minimum Gasteiger partial charge on any atom is -0.368 e. The second-order valence-electron chi connectivity index (χ2n) is 5.26. The van der Waals surface area contributed by atoms with Gasteiger partial charge in [0.15, 0.2) is 0 Å². The van der Waals surface area contributed by atoms with E-state index in [0.29, 0.717) is 25.2 Å². The minimum atomic E-state index is -0.232. The van der Waals surface area contributed by atoms with E-state index >= 15 is 0 Å². The number of nitrogens with two attached hydrogens (primary N) is 1. The van der Waals surface area contributed by atoms with Gasteiger partial charge in [0.25, 0.3) is 5.56 Å². The van der Waals surface area contributed by atoms with Crippen molar-refractivity contribution in [1.29, 1.82) is 0 Å². The average molecular weight is 300 g/mol. The first kappa shape index (κ1) is 14.2. The highest BCUT2D eigenvalue weighted by atomic mass is 16.2. The number of carbonyl (C=O) groups is 1. The van der Waals surface area contributed by atoms with Gasteiger partial charge in [0.05, 0.1) is 18.6 Å². The number of hydrogen-bond donors (Lipinski definition) is 1. The highest BCUT2D eigenvalue weighted by Crippen LogP contribution is 2.17. The minimum absolute atomic E-state index is 0.0258. The molecule has 0 aliphatic carbocycles. The van der Waals surface area contributed by atoms with Gasteiger partial charge in [-0.15, -0.1) is 0 Å². The van der Waals surface area contributed by atoms with Gasteiger partial charge < -0.3 is 10.6 Å². The monoisotopic (exact) mass is 300 g/mol. The molecule has 2 aromatic rings. The first-order chi connectivity index (χ1) is 10.5. The first-order valence-corrected chi connectivity index (χ1v) is 6.94. The summed E-state index contributed by atoms with van der Waals surface area (Å²) >= 11 is 0. The second kappa shape index (κ2) is 5.55. The standard InChI is InChI=1S/C14H16N6O2/c1-9-4-12(21)20(8-17-9)7-13(22)19-3-2-10-5-16-14(15)18-11(10)6-19/h4-5,8H,2-3,6-7H2,1H3,(H2,15,16,18). The third-order valence-corrected chi connectivity index (χ3v) is 3.64. The molecule has 22 heavy (non-hydrogen) atoms. The average Bonchev–Trinajstić information content (AvgIpc) is 2.49. The van der Waals surface area contributed by atoms with Gasteiger partial charge in [0, 0.05) is 24.5 Å². The molecule has 0 radical (unpaired) electrons. The van der Waals surface area contributed by atoms with Crippen LogP contribution in [0.3, 0.4) is 0 Å². The van der Waals surface area contributed by atoms with E-state index in [2.05, 4.69) is 15.0 Å². The number of nitrogens with zero attached hydrogens (tertiary/aromatic N) is 5. The Labute approximate surface area is 126 Å². The molecule has 0 bridgehead atoms. The predicted octanol–water partition coefficient (Wildman–Crippen LogP) is -0.491. The van der Waals surface area contributed by atoms with Crippen molar-refractivity contribution in [3.63, 3.8) is 0 Å². The van der Waals surface area contributed by atoms with Crippen LogP contribution in [-0.4, -0.2) is 36.9 Å². The molecule has 3 heterocycles. The van der Waals surface area contributed by atoms with E-state index in [0.717, 1.165) is 11.3 Å². The van der Waals surface area contributed by atoms with Gasteiger partial charge in [0.1, 0.15) is 6.54 Å². The fourth-order valence-corrected chi connectivity index (χ4v) is 2.41. The van der Waals surface area contributed by atoms with Crippen LogP contribution in [0.5, 0.6) is 0 Å². The van der Waals surface area contributed by atoms with Crippen molar-refractivity contribution < 1.29 is 4.79 Å². The zero-order valence-corrected chi connectivity index (χ0v) is 12.2. The van der Waals surface area contributed by atoms with Gasteiger partial charge in [0.2, 0.25) is 11.9 Å². The zero-order chi connectivity index (χ0) is 15.7. The lowest BCUT2D eigenvalue weighted by atomic mass is 10.1. The predicted molar refractivity (Wildman–Crippen MR) is 78.8 cm³/mol. The molecule has 0 unspecified atom stereocenters. The van der Waals surface area contributed by atoms with Gasteiger partial charge >= 0.3 is 0 Å². The Morgan fingerprint density at radius 2 is 2.23 bits per heavy atom. The van der Waals surface area contributed by atoms with E-state index < -0.39 is 0 Å². The summed E-state index contributed by atoms with van der Waals surface area (Å²) in [5.74, 6) is 0.0580. The molecule has 0 saturated carbocycles. The number of nitrogen functional groups attached to an aromatic ring is 1. The van der Waals surface area contributed by atoms with Crippen LogP contribution in [0.25, 0.3) is 0 Å². The van der Waals surface area contributed by atoms with E-state index in [1.54, 1.807) is 18.0 Å². The normalized spacial score (nSPS) is 13.8. The summed E-state index contributed by atoms with van der Waals surface area (Å²) in [6, 6.07) is 1.41. The van der Waals surface area contributed by atoms with E-state index in [1.165, 1.54) is 17.0 Å². The van der Waals surface area contributed by atoms with Crippen LogP contribution in [0.2, 0.25) is 0 Å². The Morgan fingerprint density at radius 3 is 3.00 bits per heavy atom. The van der Waals surface area contributed by atoms with Crippen molar-refractivity contribution in [2.24, 2.45) is 0 Å². The van der Waals surface area contributed by atoms with Gasteiger partial charge in [-0.3, -0.25) is 14.2 Å². The molecular formula is C14H16N6O2. The van der Waals surface area contributed by atoms with Crippen LogP contribution < -0.4 is 11.3 Å². The van der Waals surface area contributed by atoms with Crippen LogP contribution in [0.15, 0.2) is 23.4 Å². The van der Waals surface area contributed by atoms with Crippen molar-refractivity contribution >= 4 is 11.9 Å². The summed E-state index contributed by atoms with van der Waals surface area (Å²) in [5.41, 5.74) is 7.75. The molecule has 1 aliphatic rings. The summed E-state index contributed by atoms with van der Waals surface area (Å²) < 4.78 is 1.30. The van der Waals surface area contributed by atoms with Crippen LogP contribution >= 0.6 is 0 Å². The number of aryl methyl sites for hydroxylation is 1. The SMILES string of the molecule is Cc1cc(=O)n(CC(=O)N2CCc3cnc(N)nc3C2)cn1. The maximum atomic E-state index is 12.4. The van der Waals surface area contributed by atoms with Crippen LogP contribution in [-0.2, 0) is 24.3 Å². The summed E-state index contributed by atoms with van der Waals surface area (Å²) in [5, 5.41) is 0. The molecule has 114 valence electrons. The molecule has 8 nitrogen and oxygen atoms in total. The van der Waals surface area contributed by atoms with Gasteiger partial charge in [-0.05, 0) is 18.9 Å². The molecule has 0 atom stereocenters. The maximum Gasteiger partial charge on any atom is 0.253 e. The topological polar surface area (TPSA) is 107 Å². The Hall–Kier alpha value is -2.77. The number of rotatable bonds is 2. The van der Waals surface area contributed by atoms with Crippen molar-refractivity contribution in [3.05, 3.63) is 45.9 Å². The fourth-order valence-electron chi connectivity index (χ4n) is 2.41. The number of aromatic nitrogens is 4. The third kappa shape index (κ3) is 2.80. The highest BCUT2D eigenvalue weighted by Gasteiger charge is 2.22. The van der Waals surface area contributed by atoms with Gasteiger partial charge in [-0.2, -0.15) is 0 Å². The van der Waals surface area contributed by atoms with Crippen LogP contribution in [0.4, 0.5) is 5.95 Å². The lowest BCUT2D eigenvalue weighted by Crippen LogP contribution is -2.40. The van der Waals surface area contributed by atoms with Crippen LogP contribution in [0.1, 0.15) is 17.0 Å². The summed E-state index contributed by atoms with van der Waals surface area (Å²) in [4.78, 5) is 38.0. The van der Waals surface area contributed by atoms with Gasteiger partial charge in [-0.25, -0.2) is 15.0 Å². The Balaban J connectivity index is 1.75. The smallest absolute Gasteiger partial charge is 0.253 e. The molecule has 3 rings (SSSR count). The Morgan fingerprint density at radius 1 is 1.41 bits per heavy atom. The number of amides is 1. The van der Waals surface area contributed by atoms with Gasteiger partial charge in [-0.1, -0.05) is 0 Å². The van der Waals surface area contributed by atoms with E-state index in [-0.39, 0.29) is 24.0 Å². The quantitative estimate of drug-likeness (QED) is 0.802. The number of fused-ring (bicyclic) bond motifs is 1. The summed E-state index contributed by atoms with van der Waals surface area (Å²) in [7, 11) is 0. The van der Waals surface area contributed by atoms with Crippen molar-refractivity contribution in [3.8, 4) is 0 Å². The molecule has 0 fully saturated rings. The van der Waals surface area contributed by atoms with E-state index in [9.17, 15) is 9.59 Å². The molecule has 0 spiro atoms. The Kier molecular flexibility index (Phi) is 3.58. The van der Waals surface area contributed by atoms with Crippen LogP contribution in [0, 0.1) is 6.92 Å². The molecule has 1 aliphatic heterocycles. The molecular weight excluding hydrogens is 284 g/mol. The second-order valence-corrected chi connectivity index (χ2v) is 5.26. The molecule has 8 heteroatoms. The first-order valence-electron chi connectivity index (χ1n) is 6.94. The van der Waals surface area contributed by atoms with Crippen molar-refractivity contribution in [2.45, 2.75) is 26.4 Å². The van der Waals surface area contributed by atoms with E-state index in [1.807, 2.05) is 0 Å². The molecule has 0 aromatic carbocycles. The third-order valence-electron chi connectivity index (χ3n) is 3.64. The molecule has 2 aromatic heterocycles. The number of anilines is 1. The number of carbonyl (C=O) groups excluding carboxylic acids is 1. The van der Waals surface area contributed by atoms with Crippen molar-refractivity contribution in [1.82, 2.24) is 24.4 Å². The zero-order valence-electron chi connectivity index (χ0n) is 12.2. The molecule has 1 amide bonds. The molecule has 0 saturated heterocycles. The van der Waals surface area contributed by atoms with E-state index in [4.69, 9.17) is 5.73 Å². The van der Waals surface area contributed by atoms with Crippen molar-refractivity contribution in [2.75, 3.05) is 12.3 Å². The summed E-state index contributed by atoms with van der Waals surface area (Å²) in [6.45, 7) is 2.67. The largest absolute Gasteiger partial charge is 0.368 e. The number of hydrogen-bond acceptors (Lipinski definition) is 6. The summed E-state index contributed by atoms with van der Waals surface area (Å²) in [6.07, 6.45) is 3.78. The lowest BCUT2D eigenvalue weighted by Gasteiger charge is -2.28.